The van der Waals surface area contributed by atoms with E-state index in [9.17, 15) is 9.18 Å². The second kappa shape index (κ2) is 8.84. The molecule has 164 valence electrons. The highest BCUT2D eigenvalue weighted by atomic mass is 35.5. The van der Waals surface area contributed by atoms with Crippen LogP contribution >= 0.6 is 11.6 Å². The molecule has 0 aliphatic carbocycles. The predicted molar refractivity (Wildman–Crippen MR) is 122 cm³/mol. The van der Waals surface area contributed by atoms with Crippen molar-refractivity contribution < 1.29 is 9.13 Å². The standard InChI is InChI=1S/C23H21ClFN5O2/c1-14-12-29(13-26-14)20-9-8-18(10-21(20)32-3)27-19-11-22(24)28-30(23(19)31)15(2)16-4-6-17(25)7-5-16/h4-13,15,27H,1-3H3/t15-/m0/s1. The van der Waals surface area contributed by atoms with Crippen LogP contribution in [0.15, 0.2) is 65.8 Å². The number of halogens is 2. The molecular formula is C23H21ClFN5O2. The van der Waals surface area contributed by atoms with Crippen molar-refractivity contribution >= 4 is 23.0 Å². The summed E-state index contributed by atoms with van der Waals surface area (Å²) in [6, 6.07) is 12.4. The Balaban J connectivity index is 1.67. The van der Waals surface area contributed by atoms with Crippen LogP contribution in [0.25, 0.3) is 5.69 Å². The van der Waals surface area contributed by atoms with E-state index in [0.29, 0.717) is 11.4 Å². The first-order chi connectivity index (χ1) is 15.4. The zero-order chi connectivity index (χ0) is 22.8. The fourth-order valence-corrected chi connectivity index (χ4v) is 3.58. The fraction of sp³-hybridized carbons (Fsp3) is 0.174. The Morgan fingerprint density at radius 3 is 2.56 bits per heavy atom. The molecule has 2 heterocycles. The van der Waals surface area contributed by atoms with E-state index in [1.165, 1.54) is 22.9 Å². The third-order valence-electron chi connectivity index (χ3n) is 5.07. The molecule has 0 amide bonds. The molecule has 0 fully saturated rings. The predicted octanol–water partition coefficient (Wildman–Crippen LogP) is 4.89. The van der Waals surface area contributed by atoms with Gasteiger partial charge in [0.05, 0.1) is 30.9 Å². The first-order valence-corrected chi connectivity index (χ1v) is 10.2. The molecule has 0 aliphatic heterocycles. The lowest BCUT2D eigenvalue weighted by molar-refractivity contribution is 0.413. The zero-order valence-electron chi connectivity index (χ0n) is 17.7. The smallest absolute Gasteiger partial charge is 0.291 e. The van der Waals surface area contributed by atoms with Gasteiger partial charge in [0.2, 0.25) is 0 Å². The minimum atomic E-state index is -0.441. The summed E-state index contributed by atoms with van der Waals surface area (Å²) in [5.74, 6) is 0.255. The second-order valence-corrected chi connectivity index (χ2v) is 7.68. The van der Waals surface area contributed by atoms with Crippen molar-refractivity contribution in [3.63, 3.8) is 0 Å². The molecule has 7 nitrogen and oxygen atoms in total. The van der Waals surface area contributed by atoms with Crippen molar-refractivity contribution in [3.05, 3.63) is 93.6 Å². The zero-order valence-corrected chi connectivity index (χ0v) is 18.5. The van der Waals surface area contributed by atoms with Crippen LogP contribution < -0.4 is 15.6 Å². The number of nitrogens with zero attached hydrogens (tertiary/aromatic N) is 4. The van der Waals surface area contributed by atoms with Gasteiger partial charge in [-0.2, -0.15) is 5.10 Å². The van der Waals surface area contributed by atoms with Gasteiger partial charge in [-0.3, -0.25) is 4.79 Å². The molecule has 0 saturated heterocycles. The van der Waals surface area contributed by atoms with Crippen molar-refractivity contribution in [2.24, 2.45) is 0 Å². The van der Waals surface area contributed by atoms with Gasteiger partial charge in [0.25, 0.3) is 5.56 Å². The van der Waals surface area contributed by atoms with E-state index in [0.717, 1.165) is 16.9 Å². The van der Waals surface area contributed by atoms with Crippen LogP contribution in [0.3, 0.4) is 0 Å². The number of anilines is 2. The molecule has 1 N–H and O–H groups in total. The number of hydrogen-bond acceptors (Lipinski definition) is 5. The first-order valence-electron chi connectivity index (χ1n) is 9.86. The van der Waals surface area contributed by atoms with Gasteiger partial charge in [0.15, 0.2) is 5.15 Å². The molecule has 4 rings (SSSR count). The average molecular weight is 454 g/mol. The number of aromatic nitrogens is 4. The van der Waals surface area contributed by atoms with Crippen molar-refractivity contribution in [2.75, 3.05) is 12.4 Å². The van der Waals surface area contributed by atoms with E-state index in [1.807, 2.05) is 29.8 Å². The molecule has 9 heteroatoms. The number of ether oxygens (including phenoxy) is 1. The highest BCUT2D eigenvalue weighted by molar-refractivity contribution is 6.29. The van der Waals surface area contributed by atoms with E-state index in [4.69, 9.17) is 16.3 Å². The number of nitrogens with one attached hydrogen (secondary N) is 1. The summed E-state index contributed by atoms with van der Waals surface area (Å²) in [5.41, 5.74) is 2.97. The Bertz CT molecular complexity index is 1320. The van der Waals surface area contributed by atoms with E-state index in [1.54, 1.807) is 38.6 Å². The molecule has 1 atom stereocenters. The lowest BCUT2D eigenvalue weighted by Gasteiger charge is -2.17. The number of benzene rings is 2. The van der Waals surface area contributed by atoms with Crippen molar-refractivity contribution in [1.29, 1.82) is 0 Å². The van der Waals surface area contributed by atoms with Crippen molar-refractivity contribution in [3.8, 4) is 11.4 Å². The third-order valence-corrected chi connectivity index (χ3v) is 5.26. The largest absolute Gasteiger partial charge is 0.494 e. The fourth-order valence-electron chi connectivity index (χ4n) is 3.39. The van der Waals surface area contributed by atoms with Crippen LogP contribution in [-0.4, -0.2) is 26.4 Å². The van der Waals surface area contributed by atoms with Crippen molar-refractivity contribution in [1.82, 2.24) is 19.3 Å². The number of methoxy groups -OCH3 is 1. The Labute approximate surface area is 189 Å². The molecular weight excluding hydrogens is 433 g/mol. The molecule has 0 unspecified atom stereocenters. The molecule has 0 bridgehead atoms. The summed E-state index contributed by atoms with van der Waals surface area (Å²) in [4.78, 5) is 17.4. The Morgan fingerprint density at radius 2 is 1.91 bits per heavy atom. The third kappa shape index (κ3) is 4.36. The lowest BCUT2D eigenvalue weighted by atomic mass is 10.1. The minimum Gasteiger partial charge on any atom is -0.494 e. The summed E-state index contributed by atoms with van der Waals surface area (Å²) >= 11 is 6.21. The van der Waals surface area contributed by atoms with Gasteiger partial charge in [0, 0.05) is 24.0 Å². The van der Waals surface area contributed by atoms with Gasteiger partial charge in [-0.15, -0.1) is 0 Å². The highest BCUT2D eigenvalue weighted by Crippen LogP contribution is 2.28. The summed E-state index contributed by atoms with van der Waals surface area (Å²) < 4.78 is 21.9. The van der Waals surface area contributed by atoms with Crippen LogP contribution in [0, 0.1) is 12.7 Å². The molecule has 2 aromatic carbocycles. The topological polar surface area (TPSA) is 74.0 Å². The number of imidazole rings is 1. The van der Waals surface area contributed by atoms with Gasteiger partial charge < -0.3 is 14.6 Å². The first kappa shape index (κ1) is 21.6. The summed E-state index contributed by atoms with van der Waals surface area (Å²) in [6.07, 6.45) is 3.60. The minimum absolute atomic E-state index is 0.151. The Hall–Kier alpha value is -3.65. The monoisotopic (exact) mass is 453 g/mol. The number of hydrogen-bond donors (Lipinski definition) is 1. The maximum atomic E-state index is 13.3. The van der Waals surface area contributed by atoms with E-state index in [-0.39, 0.29) is 22.2 Å². The Morgan fingerprint density at radius 1 is 1.16 bits per heavy atom. The van der Waals surface area contributed by atoms with Crippen LogP contribution in [-0.2, 0) is 0 Å². The van der Waals surface area contributed by atoms with Crippen LogP contribution in [0.5, 0.6) is 5.75 Å². The highest BCUT2D eigenvalue weighted by Gasteiger charge is 2.16. The average Bonchev–Trinajstić information content (AvgIpc) is 3.22. The molecule has 0 aliphatic rings. The van der Waals surface area contributed by atoms with E-state index in [2.05, 4.69) is 15.4 Å². The summed E-state index contributed by atoms with van der Waals surface area (Å²) in [5, 5.41) is 7.42. The maximum absolute atomic E-state index is 13.3. The normalized spacial score (nSPS) is 11.9. The van der Waals surface area contributed by atoms with Gasteiger partial charge in [-0.1, -0.05) is 23.7 Å². The van der Waals surface area contributed by atoms with Crippen molar-refractivity contribution in [2.45, 2.75) is 19.9 Å². The second-order valence-electron chi connectivity index (χ2n) is 7.29. The van der Waals surface area contributed by atoms with Crippen LogP contribution in [0.4, 0.5) is 15.8 Å². The summed E-state index contributed by atoms with van der Waals surface area (Å²) in [7, 11) is 1.58. The van der Waals surface area contributed by atoms with Gasteiger partial charge >= 0.3 is 0 Å². The molecule has 0 spiro atoms. The van der Waals surface area contributed by atoms with Gasteiger partial charge in [-0.25, -0.2) is 14.1 Å². The van der Waals surface area contributed by atoms with E-state index < -0.39 is 6.04 Å². The summed E-state index contributed by atoms with van der Waals surface area (Å²) in [6.45, 7) is 3.71. The lowest BCUT2D eigenvalue weighted by Crippen LogP contribution is -2.28. The number of rotatable bonds is 6. The van der Waals surface area contributed by atoms with E-state index >= 15 is 0 Å². The Kier molecular flexibility index (Phi) is 5.96. The molecule has 0 saturated carbocycles. The van der Waals surface area contributed by atoms with Gasteiger partial charge in [-0.05, 0) is 43.7 Å². The molecule has 2 aromatic heterocycles. The molecule has 0 radical (unpaired) electrons. The quantitative estimate of drug-likeness (QED) is 0.450. The maximum Gasteiger partial charge on any atom is 0.291 e. The van der Waals surface area contributed by atoms with Crippen LogP contribution in [0.2, 0.25) is 5.15 Å². The molecule has 4 aromatic rings. The number of aryl methyl sites for hydroxylation is 1. The van der Waals surface area contributed by atoms with Crippen LogP contribution in [0.1, 0.15) is 24.2 Å². The molecule has 32 heavy (non-hydrogen) atoms. The van der Waals surface area contributed by atoms with Gasteiger partial charge in [0.1, 0.15) is 17.3 Å². The SMILES string of the molecule is COc1cc(Nc2cc(Cl)nn([C@@H](C)c3ccc(F)cc3)c2=O)ccc1-n1cnc(C)c1.